The van der Waals surface area contributed by atoms with Gasteiger partial charge in [0.25, 0.3) is 7.82 Å². The summed E-state index contributed by atoms with van der Waals surface area (Å²) in [5.74, 6) is -7.45. The van der Waals surface area contributed by atoms with Crippen molar-refractivity contribution >= 4 is 77.3 Å². The van der Waals surface area contributed by atoms with Gasteiger partial charge in [-0.05, 0) is 126 Å². The number of rotatable bonds is 26. The molecule has 2 saturated heterocycles. The van der Waals surface area contributed by atoms with Gasteiger partial charge in [0.05, 0.1) is 47.3 Å². The van der Waals surface area contributed by atoms with Crippen LogP contribution in [-0.4, -0.2) is 127 Å². The Labute approximate surface area is 557 Å². The monoisotopic (exact) mass is 1370 g/mol. The number of carbonyl (C=O) groups is 7. The van der Waals surface area contributed by atoms with Crippen molar-refractivity contribution in [2.45, 2.75) is 195 Å². The number of aliphatic imine (C=N–C) groups is 3. The minimum absolute atomic E-state index is 0. The Kier molecular flexibility index (Phi) is 22.9. The van der Waals surface area contributed by atoms with Crippen LogP contribution in [0, 0.1) is 71.0 Å². The summed E-state index contributed by atoms with van der Waals surface area (Å²) in [6.45, 7) is 25.1. The molecule has 0 aliphatic carbocycles. The van der Waals surface area contributed by atoms with Crippen LogP contribution in [0.4, 0.5) is 0 Å². The number of nitrogens with two attached hydrogens (primary N) is 6. The summed E-state index contributed by atoms with van der Waals surface area (Å²) in [5, 5.41) is 36.6. The van der Waals surface area contributed by atoms with Crippen LogP contribution < -0.4 is 44.6 Å². The molecule has 15 N–H and O–H groups in total. The molecule has 8 rings (SSSR count). The average Bonchev–Trinajstić information content (AvgIpc) is 1.53. The fourth-order valence-electron chi connectivity index (χ4n) is 15.4. The maximum Gasteiger partial charge on any atom is 3.00 e. The molecule has 7 heterocycles. The van der Waals surface area contributed by atoms with E-state index in [0.29, 0.717) is 56.4 Å². The quantitative estimate of drug-likeness (QED) is 0.0478. The number of imidazole rings is 1. The van der Waals surface area contributed by atoms with Gasteiger partial charge in [-0.25, -0.2) is 4.98 Å². The molecule has 6 aliphatic rings. The maximum absolute atomic E-state index is 14.6. The number of allylic oxidation sites excluding steroid dienone is 6. The second-order valence-corrected chi connectivity index (χ2v) is 29.3. The van der Waals surface area contributed by atoms with Gasteiger partial charge >= 0.3 is 16.8 Å². The molecule has 14 atom stereocenters. The van der Waals surface area contributed by atoms with Gasteiger partial charge in [-0.15, -0.1) is 0 Å². The summed E-state index contributed by atoms with van der Waals surface area (Å²) in [7, 11) is -5.34. The number of hydrogen-bond donors (Lipinski definition) is 9. The summed E-state index contributed by atoms with van der Waals surface area (Å²) in [4.78, 5) is 128. The molecule has 6 aliphatic heterocycles. The van der Waals surface area contributed by atoms with Crippen LogP contribution in [0.1, 0.15) is 157 Å². The van der Waals surface area contributed by atoms with E-state index in [1.54, 1.807) is 6.92 Å². The molecule has 8 bridgehead atoms. The summed E-state index contributed by atoms with van der Waals surface area (Å²) in [6, 6.07) is 2.65. The zero-order valence-electron chi connectivity index (χ0n) is 55.4. The molecular weight excluding hydrogens is 1280 g/mol. The number of aliphatic hydroxyl groups is 2. The summed E-state index contributed by atoms with van der Waals surface area (Å²) >= 11 is 0. The number of aromatic nitrogens is 2. The van der Waals surface area contributed by atoms with Crippen LogP contribution in [-0.2, 0) is 68.7 Å². The Morgan fingerprint density at radius 2 is 1.37 bits per heavy atom. The van der Waals surface area contributed by atoms with Crippen LogP contribution >= 0.6 is 7.82 Å². The van der Waals surface area contributed by atoms with E-state index in [1.807, 2.05) is 80.5 Å². The van der Waals surface area contributed by atoms with Gasteiger partial charge in [-0.1, -0.05) is 40.7 Å². The Balaban J connectivity index is 0.00000462. The van der Waals surface area contributed by atoms with E-state index >= 15 is 0 Å². The van der Waals surface area contributed by atoms with Gasteiger partial charge < -0.3 is 90.3 Å². The number of nitrogens with one attached hydrogen (secondary N) is 1. The van der Waals surface area contributed by atoms with Crippen LogP contribution in [0.2, 0.25) is 0 Å². The largest absolute Gasteiger partial charge is 3.00 e. The molecule has 7 amide bonds. The van der Waals surface area contributed by atoms with Crippen LogP contribution in [0.25, 0.3) is 16.4 Å². The first-order valence-corrected chi connectivity index (χ1v) is 32.5. The molecular formula is C64H90CoN14O14P. The summed E-state index contributed by atoms with van der Waals surface area (Å²) < 4.78 is 32.0. The molecule has 2 aromatic rings. The maximum atomic E-state index is 14.6. The number of ether oxygens (including phenoxy) is 1. The Bertz CT molecular complexity index is 3650. The molecule has 0 radical (unpaired) electrons. The van der Waals surface area contributed by atoms with Crippen LogP contribution in [0.15, 0.2) is 67.8 Å². The van der Waals surface area contributed by atoms with Crippen molar-refractivity contribution in [2.24, 2.45) is 94.7 Å². The van der Waals surface area contributed by atoms with Crippen molar-refractivity contribution in [3.05, 3.63) is 75.8 Å². The molecule has 0 saturated carbocycles. The zero-order valence-corrected chi connectivity index (χ0v) is 57.3. The Morgan fingerprint density at radius 3 is 1.94 bits per heavy atom. The van der Waals surface area contributed by atoms with Crippen LogP contribution in [0.3, 0.4) is 0 Å². The van der Waals surface area contributed by atoms with Gasteiger partial charge in [0.1, 0.15) is 18.3 Å². The van der Waals surface area contributed by atoms with E-state index < -0.39 is 149 Å². The summed E-state index contributed by atoms with van der Waals surface area (Å²) in [6.07, 6.45) is -3.63. The van der Waals surface area contributed by atoms with E-state index in [4.69, 9.17) is 80.3 Å². The van der Waals surface area contributed by atoms with Crippen LogP contribution in [0.5, 0.6) is 0 Å². The number of amides is 7. The van der Waals surface area contributed by atoms with Gasteiger partial charge in [-0.3, -0.25) is 53.1 Å². The second-order valence-electron chi connectivity index (χ2n) is 28.0. The second kappa shape index (κ2) is 28.4. The van der Waals surface area contributed by atoms with E-state index in [-0.39, 0.29) is 87.4 Å². The third-order valence-electron chi connectivity index (χ3n) is 20.6. The molecule has 94 heavy (non-hydrogen) atoms. The van der Waals surface area contributed by atoms with E-state index in [0.717, 1.165) is 11.1 Å². The number of fused-ring (bicyclic) bond motifs is 7. The molecule has 0 spiro atoms. The smallest absolute Gasteiger partial charge is 0.756 e. The van der Waals surface area contributed by atoms with Crippen molar-refractivity contribution in [1.82, 2.24) is 14.9 Å². The molecule has 2 fully saturated rings. The topological polar surface area (TPSA) is 489 Å². The Hall–Kier alpha value is -7.00. The number of phosphoric acid groups is 1. The van der Waals surface area contributed by atoms with Crippen molar-refractivity contribution in [2.75, 3.05) is 13.2 Å². The van der Waals surface area contributed by atoms with E-state index in [2.05, 4.69) is 10.3 Å². The zero-order chi connectivity index (χ0) is 69.6. The van der Waals surface area contributed by atoms with Crippen molar-refractivity contribution in [3.8, 4) is 0 Å². The number of aryl methyl sites for hydroxylation is 2. The number of nitrogens with zero attached hydrogens (tertiary/aromatic N) is 7. The number of primary amides is 6. The fraction of sp³-hybridized carbons (Fsp3) is 0.625. The van der Waals surface area contributed by atoms with Gasteiger partial charge in [0, 0.05) is 102 Å². The first-order valence-electron chi connectivity index (χ1n) is 31.0. The minimum Gasteiger partial charge on any atom is -0.756 e. The molecule has 28 nitrogen and oxygen atoms in total. The summed E-state index contributed by atoms with van der Waals surface area (Å²) in [5.41, 5.74) is 35.2. The molecule has 1 aromatic carbocycles. The van der Waals surface area contributed by atoms with Gasteiger partial charge in [0.2, 0.25) is 41.4 Å². The third-order valence-corrected chi connectivity index (χ3v) is 21.6. The SMILES string of the molecule is C/C1=C2N=C(/C=C3N=C(/C(C)=C4\[N-]C(C(CC(N)=O)C4(C)CCC(=O)NC(C)(C)COP(=O)([O-])OC4C(CO)OC(n5cnc6cc(C)c(C)cc65)C4O)C4(C)N=C1C(CCC(N)=O)C4(C)CC(N)=O)C(CCC(N)=O)C\3(C)C)C(CCC(N)=O)C/2(C)CC(N)=O.[C-]#N.[Co+3]. The fourth-order valence-corrected chi connectivity index (χ4v) is 16.5. The average molecular weight is 1370 g/mol. The van der Waals surface area contributed by atoms with Gasteiger partial charge in [-0.2, -0.15) is 5.70 Å². The first kappa shape index (κ1) is 76.0. The normalized spacial score (nSPS) is 32.8. The van der Waals surface area contributed by atoms with Crippen molar-refractivity contribution in [3.63, 3.8) is 0 Å². The number of carbonyl (C=O) groups excluding carboxylic acids is 7. The third kappa shape index (κ3) is 14.7. The van der Waals surface area contributed by atoms with E-state index in [1.165, 1.54) is 24.7 Å². The minimum atomic E-state index is -5.34. The predicted octanol–water partition coefficient (Wildman–Crippen LogP) is 3.80. The van der Waals surface area contributed by atoms with E-state index in [9.17, 15) is 53.2 Å². The molecule has 14 unspecified atom stereocenters. The standard InChI is InChI=1S/C63H92N13O14P.CN.Co/c1-30-21-39-40(22-31(30)2)76(29-70-39)57-52(85)53(41(27-77)89-57)90-91(86,87)88-28-58(5,6)74-49(84)19-20-60(9)37(23-46(67)81)56-63(12)62(11,26-48(69)83)36(15-18-45(66)80)51(75-63)33(4)55-61(10,25-47(68)82)34(13-16-43(64)78)38(71-55)24-42-59(7,8)35(14-17-44(65)79)50(72-42)32(3)54(60)73-56;1-2;/h21-22,24,29,34-37,41,52-53,56-57,77,85H,13-20,23,25-28H2,1-12H3,(H15,64,65,66,67,68,69,71,72,73,74,75,78,79,80,81,82,83,84,86,87);;/q;-1;+3/p-2. The molecule has 30 heteroatoms. The number of benzene rings is 1. The van der Waals surface area contributed by atoms with Gasteiger partial charge in [0.15, 0.2) is 6.23 Å². The molecule has 1 aromatic heterocycles. The number of hydrogen-bond acceptors (Lipinski definition) is 19. The number of phosphoric ester groups is 1. The predicted molar refractivity (Wildman–Crippen MR) is 341 cm³/mol. The van der Waals surface area contributed by atoms with Crippen molar-refractivity contribution < 1.29 is 83.8 Å². The first-order chi connectivity index (χ1) is 43.1. The number of aliphatic hydroxyl groups excluding tert-OH is 2. The molecule has 514 valence electrons. The van der Waals surface area contributed by atoms with Crippen molar-refractivity contribution in [1.29, 1.82) is 5.26 Å². The Morgan fingerprint density at radius 1 is 0.798 bits per heavy atom.